The fraction of sp³-hybridized carbons (Fsp3) is 0.500. The summed E-state index contributed by atoms with van der Waals surface area (Å²) >= 11 is 0. The number of aromatic nitrogens is 2. The summed E-state index contributed by atoms with van der Waals surface area (Å²) in [5, 5.41) is 0. The fourth-order valence-electron chi connectivity index (χ4n) is 4.40. The number of phosphoric acid groups is 1. The van der Waals surface area contributed by atoms with Gasteiger partial charge in [-0.3, -0.25) is 4.52 Å². The van der Waals surface area contributed by atoms with Crippen LogP contribution in [-0.4, -0.2) is 55.0 Å². The van der Waals surface area contributed by atoms with Crippen molar-refractivity contribution < 1.29 is 18.9 Å². The SMILES string of the molecule is O=P(O)(O)OC(CC1c2ccccc2-c2cncn21)C1CCCCC1.[NaH]. The third-order valence-electron chi connectivity index (χ3n) is 5.50. The van der Waals surface area contributed by atoms with Crippen LogP contribution in [0.25, 0.3) is 11.3 Å². The Bertz CT molecular complexity index is 800. The molecule has 2 atom stereocenters. The molecule has 6 nitrogen and oxygen atoms in total. The second kappa shape index (κ2) is 8.27. The summed E-state index contributed by atoms with van der Waals surface area (Å²) in [5.74, 6) is 0.195. The second-order valence-electron chi connectivity index (χ2n) is 7.06. The molecule has 4 rings (SSSR count). The van der Waals surface area contributed by atoms with Gasteiger partial charge in [-0.1, -0.05) is 43.5 Å². The van der Waals surface area contributed by atoms with E-state index >= 15 is 0 Å². The topological polar surface area (TPSA) is 84.6 Å². The maximum atomic E-state index is 11.6. The molecular formula is C18H24N2NaO4P. The molecule has 1 aliphatic carbocycles. The van der Waals surface area contributed by atoms with Crippen molar-refractivity contribution in [3.63, 3.8) is 0 Å². The number of rotatable bonds is 5. The Morgan fingerprint density at radius 1 is 1.23 bits per heavy atom. The van der Waals surface area contributed by atoms with Crippen LogP contribution in [0.5, 0.6) is 0 Å². The zero-order valence-electron chi connectivity index (χ0n) is 14.0. The fourth-order valence-corrected chi connectivity index (χ4v) is 5.01. The third kappa shape index (κ3) is 4.17. The van der Waals surface area contributed by atoms with Crippen molar-refractivity contribution in [2.75, 3.05) is 0 Å². The van der Waals surface area contributed by atoms with Gasteiger partial charge in [-0.15, -0.1) is 0 Å². The summed E-state index contributed by atoms with van der Waals surface area (Å²) < 4.78 is 18.9. The van der Waals surface area contributed by atoms with E-state index in [2.05, 4.69) is 21.7 Å². The van der Waals surface area contributed by atoms with E-state index in [1.165, 1.54) is 12.0 Å². The summed E-state index contributed by atoms with van der Waals surface area (Å²) in [4.78, 5) is 23.1. The zero-order valence-corrected chi connectivity index (χ0v) is 14.9. The van der Waals surface area contributed by atoms with E-state index in [1.54, 1.807) is 6.33 Å². The minimum absolute atomic E-state index is 0. The average molecular weight is 386 g/mol. The number of imidazole rings is 1. The van der Waals surface area contributed by atoms with E-state index in [-0.39, 0.29) is 41.5 Å². The van der Waals surface area contributed by atoms with Gasteiger partial charge in [0.2, 0.25) is 0 Å². The first-order chi connectivity index (χ1) is 12.0. The van der Waals surface area contributed by atoms with Gasteiger partial charge in [-0.25, -0.2) is 9.55 Å². The van der Waals surface area contributed by atoms with E-state index in [0.29, 0.717) is 6.42 Å². The van der Waals surface area contributed by atoms with Crippen LogP contribution in [0, 0.1) is 5.92 Å². The average Bonchev–Trinajstić information content (AvgIpc) is 3.17. The number of hydrogen-bond donors (Lipinski definition) is 2. The minimum atomic E-state index is -4.52. The number of fused-ring (bicyclic) bond motifs is 3. The van der Waals surface area contributed by atoms with E-state index in [0.717, 1.165) is 36.9 Å². The Balaban J connectivity index is 0.00000196. The third-order valence-corrected chi connectivity index (χ3v) is 6.05. The van der Waals surface area contributed by atoms with Crippen LogP contribution in [-0.2, 0) is 9.09 Å². The molecule has 2 N–H and O–H groups in total. The molecule has 0 spiro atoms. The van der Waals surface area contributed by atoms with Crippen LogP contribution in [0.3, 0.4) is 0 Å². The maximum absolute atomic E-state index is 11.6. The zero-order chi connectivity index (χ0) is 17.4. The molecular weight excluding hydrogens is 362 g/mol. The molecule has 2 aliphatic rings. The molecule has 1 fully saturated rings. The van der Waals surface area contributed by atoms with Crippen molar-refractivity contribution in [2.24, 2.45) is 5.92 Å². The van der Waals surface area contributed by atoms with Gasteiger partial charge in [0.05, 0.1) is 30.4 Å². The first-order valence-electron chi connectivity index (χ1n) is 8.88. The number of phosphoric ester groups is 1. The Hall–Kier alpha value is -0.460. The van der Waals surface area contributed by atoms with Crippen LogP contribution < -0.4 is 0 Å². The van der Waals surface area contributed by atoms with Crippen LogP contribution in [0.15, 0.2) is 36.8 Å². The van der Waals surface area contributed by atoms with Gasteiger partial charge in [0.15, 0.2) is 0 Å². The molecule has 1 aliphatic heterocycles. The summed E-state index contributed by atoms with van der Waals surface area (Å²) in [7, 11) is -4.52. The van der Waals surface area contributed by atoms with Gasteiger partial charge in [0.1, 0.15) is 0 Å². The number of nitrogens with zero attached hydrogens (tertiary/aromatic N) is 2. The van der Waals surface area contributed by atoms with Crippen molar-refractivity contribution >= 4 is 37.4 Å². The van der Waals surface area contributed by atoms with E-state index < -0.39 is 13.9 Å². The van der Waals surface area contributed by atoms with Crippen LogP contribution in [0.2, 0.25) is 0 Å². The van der Waals surface area contributed by atoms with Gasteiger partial charge in [0, 0.05) is 5.56 Å². The predicted octanol–water partition coefficient (Wildman–Crippen LogP) is 3.25. The second-order valence-corrected chi connectivity index (χ2v) is 8.25. The van der Waals surface area contributed by atoms with E-state index in [9.17, 15) is 14.4 Å². The van der Waals surface area contributed by atoms with Crippen LogP contribution in [0.4, 0.5) is 0 Å². The van der Waals surface area contributed by atoms with Gasteiger partial charge < -0.3 is 14.4 Å². The first kappa shape index (κ1) is 20.3. The molecule has 2 aromatic rings. The summed E-state index contributed by atoms with van der Waals surface area (Å²) in [6.45, 7) is 0. The molecule has 0 radical (unpaired) electrons. The van der Waals surface area contributed by atoms with Crippen molar-refractivity contribution in [3.05, 3.63) is 42.4 Å². The van der Waals surface area contributed by atoms with E-state index in [1.807, 2.05) is 18.3 Å². The molecule has 8 heteroatoms. The van der Waals surface area contributed by atoms with Crippen molar-refractivity contribution in [1.29, 1.82) is 0 Å². The Labute approximate surface area is 175 Å². The molecule has 1 saturated carbocycles. The molecule has 1 aromatic carbocycles. The molecule has 0 bridgehead atoms. The Kier molecular flexibility index (Phi) is 6.45. The van der Waals surface area contributed by atoms with E-state index in [4.69, 9.17) is 4.52 Å². The standard InChI is InChI=1S/C18H23N2O4P.Na.H/c21-25(22,23)24-18(13-6-2-1-3-7-13)10-16-14-8-4-5-9-15(14)17-11-19-12-20(16)17;;/h4-5,8-9,11-13,16,18H,1-3,6-7,10H2,(H2,21,22,23);;. The molecule has 136 valence electrons. The van der Waals surface area contributed by atoms with Crippen LogP contribution >= 0.6 is 7.82 Å². The Morgan fingerprint density at radius 3 is 2.69 bits per heavy atom. The van der Waals surface area contributed by atoms with Gasteiger partial charge in [0.25, 0.3) is 0 Å². The summed E-state index contributed by atoms with van der Waals surface area (Å²) in [5.41, 5.74) is 3.37. The normalized spacial score (nSPS) is 20.9. The molecule has 26 heavy (non-hydrogen) atoms. The number of hydrogen-bond acceptors (Lipinski definition) is 3. The number of benzene rings is 1. The van der Waals surface area contributed by atoms with Crippen LogP contribution in [0.1, 0.15) is 50.1 Å². The first-order valence-corrected chi connectivity index (χ1v) is 10.4. The summed E-state index contributed by atoms with van der Waals surface area (Å²) in [6.07, 6.45) is 9.08. The van der Waals surface area contributed by atoms with Gasteiger partial charge >= 0.3 is 37.4 Å². The molecule has 2 unspecified atom stereocenters. The molecule has 0 amide bonds. The van der Waals surface area contributed by atoms with Gasteiger partial charge in [-0.2, -0.15) is 0 Å². The monoisotopic (exact) mass is 386 g/mol. The van der Waals surface area contributed by atoms with Crippen molar-refractivity contribution in [1.82, 2.24) is 9.55 Å². The predicted molar refractivity (Wildman–Crippen MR) is 101 cm³/mol. The summed E-state index contributed by atoms with van der Waals surface area (Å²) in [6, 6.07) is 8.17. The Morgan fingerprint density at radius 2 is 1.96 bits per heavy atom. The molecule has 2 heterocycles. The quantitative estimate of drug-likeness (QED) is 0.609. The molecule has 1 aromatic heterocycles. The molecule has 0 saturated heterocycles. The van der Waals surface area contributed by atoms with Crippen molar-refractivity contribution in [3.8, 4) is 11.3 Å². The van der Waals surface area contributed by atoms with Gasteiger partial charge in [-0.05, 0) is 30.7 Å². The van der Waals surface area contributed by atoms with Crippen molar-refractivity contribution in [2.45, 2.75) is 50.7 Å².